The van der Waals surface area contributed by atoms with Crippen LogP contribution in [0.1, 0.15) is 34.3 Å². The van der Waals surface area contributed by atoms with Gasteiger partial charge in [0.25, 0.3) is 0 Å². The number of nitrogens with two attached hydrogens (primary N) is 1. The molecule has 0 saturated heterocycles. The van der Waals surface area contributed by atoms with Gasteiger partial charge in [-0.1, -0.05) is 41.4 Å². The van der Waals surface area contributed by atoms with Gasteiger partial charge in [-0.25, -0.2) is 0 Å². The zero-order valence-corrected chi connectivity index (χ0v) is 13.1. The summed E-state index contributed by atoms with van der Waals surface area (Å²) in [6.45, 7) is 0. The highest BCUT2D eigenvalue weighted by molar-refractivity contribution is 6.42. The second-order valence-corrected chi connectivity index (χ2v) is 5.83. The number of hydrogen-bond acceptors (Lipinski definition) is 1. The SMILES string of the molecule is NC(=O)c1ccc(CCCCc2ccc(Cl)c(Cl)c2)cc1. The zero-order valence-electron chi connectivity index (χ0n) is 11.6. The molecule has 2 aromatic rings. The number of carbonyl (C=O) groups is 1. The third-order valence-electron chi connectivity index (χ3n) is 3.40. The van der Waals surface area contributed by atoms with Gasteiger partial charge in [-0.15, -0.1) is 0 Å². The van der Waals surface area contributed by atoms with Crippen molar-refractivity contribution < 1.29 is 4.79 Å². The molecule has 0 radical (unpaired) electrons. The quantitative estimate of drug-likeness (QED) is 0.772. The van der Waals surface area contributed by atoms with E-state index in [4.69, 9.17) is 28.9 Å². The number of unbranched alkanes of at least 4 members (excludes halogenated alkanes) is 1. The molecule has 0 heterocycles. The Morgan fingerprint density at radius 1 is 0.857 bits per heavy atom. The van der Waals surface area contributed by atoms with E-state index in [2.05, 4.69) is 0 Å². The third-order valence-corrected chi connectivity index (χ3v) is 4.14. The molecule has 0 spiro atoms. The van der Waals surface area contributed by atoms with Gasteiger partial charge in [0.05, 0.1) is 10.0 Å². The third kappa shape index (κ3) is 4.76. The zero-order chi connectivity index (χ0) is 15.2. The van der Waals surface area contributed by atoms with Crippen molar-refractivity contribution in [3.05, 3.63) is 69.2 Å². The fourth-order valence-corrected chi connectivity index (χ4v) is 2.51. The lowest BCUT2D eigenvalue weighted by Gasteiger charge is -2.05. The minimum absolute atomic E-state index is 0.388. The first-order chi connectivity index (χ1) is 10.1. The minimum Gasteiger partial charge on any atom is -0.366 e. The van der Waals surface area contributed by atoms with Crippen molar-refractivity contribution in [1.82, 2.24) is 0 Å². The molecule has 0 aliphatic carbocycles. The summed E-state index contributed by atoms with van der Waals surface area (Å²) in [5.74, 6) is -0.388. The van der Waals surface area contributed by atoms with Crippen LogP contribution >= 0.6 is 23.2 Å². The van der Waals surface area contributed by atoms with E-state index in [0.717, 1.165) is 25.7 Å². The molecule has 21 heavy (non-hydrogen) atoms. The summed E-state index contributed by atoms with van der Waals surface area (Å²) < 4.78 is 0. The highest BCUT2D eigenvalue weighted by Gasteiger charge is 2.01. The Labute approximate surface area is 134 Å². The Kier molecular flexibility index (Phi) is 5.66. The van der Waals surface area contributed by atoms with Gasteiger partial charge in [-0.05, 0) is 61.1 Å². The molecule has 0 aromatic heterocycles. The molecule has 1 amide bonds. The molecule has 0 saturated carbocycles. The maximum Gasteiger partial charge on any atom is 0.248 e. The standard InChI is InChI=1S/C17H17Cl2NO/c18-15-10-7-13(11-16(15)19)4-2-1-3-12-5-8-14(9-6-12)17(20)21/h5-11H,1-4H2,(H2,20,21). The number of primary amides is 1. The van der Waals surface area contributed by atoms with E-state index in [-0.39, 0.29) is 5.91 Å². The van der Waals surface area contributed by atoms with Crippen LogP contribution < -0.4 is 5.73 Å². The Morgan fingerprint density at radius 3 is 2.00 bits per heavy atom. The van der Waals surface area contributed by atoms with Crippen molar-refractivity contribution in [2.45, 2.75) is 25.7 Å². The van der Waals surface area contributed by atoms with Gasteiger partial charge in [0.1, 0.15) is 0 Å². The summed E-state index contributed by atoms with van der Waals surface area (Å²) in [6, 6.07) is 13.2. The van der Waals surface area contributed by atoms with Crippen LogP contribution in [0.3, 0.4) is 0 Å². The molecule has 0 atom stereocenters. The number of amides is 1. The normalized spacial score (nSPS) is 10.6. The number of halogens is 2. The Morgan fingerprint density at radius 2 is 1.43 bits per heavy atom. The van der Waals surface area contributed by atoms with Crippen LogP contribution in [0.25, 0.3) is 0 Å². The summed E-state index contributed by atoms with van der Waals surface area (Å²) in [4.78, 5) is 11.0. The van der Waals surface area contributed by atoms with E-state index in [0.29, 0.717) is 15.6 Å². The van der Waals surface area contributed by atoms with E-state index in [1.165, 1.54) is 11.1 Å². The topological polar surface area (TPSA) is 43.1 Å². The number of carbonyl (C=O) groups excluding carboxylic acids is 1. The van der Waals surface area contributed by atoms with Crippen molar-refractivity contribution in [1.29, 1.82) is 0 Å². The molecule has 2 N–H and O–H groups in total. The summed E-state index contributed by atoms with van der Waals surface area (Å²) in [5, 5.41) is 1.20. The van der Waals surface area contributed by atoms with Gasteiger partial charge in [0.15, 0.2) is 0 Å². The van der Waals surface area contributed by atoms with Crippen LogP contribution in [0.15, 0.2) is 42.5 Å². The van der Waals surface area contributed by atoms with E-state index in [1.54, 1.807) is 12.1 Å². The van der Waals surface area contributed by atoms with Crippen LogP contribution in [0, 0.1) is 0 Å². The van der Waals surface area contributed by atoms with Gasteiger partial charge < -0.3 is 5.73 Å². The molecule has 2 rings (SSSR count). The summed E-state index contributed by atoms with van der Waals surface area (Å²) in [6.07, 6.45) is 4.13. The van der Waals surface area contributed by atoms with Crippen molar-refractivity contribution in [3.8, 4) is 0 Å². The fraction of sp³-hybridized carbons (Fsp3) is 0.235. The number of hydrogen-bond donors (Lipinski definition) is 1. The number of aryl methyl sites for hydroxylation is 2. The number of benzene rings is 2. The van der Waals surface area contributed by atoms with E-state index in [9.17, 15) is 4.79 Å². The van der Waals surface area contributed by atoms with Gasteiger partial charge in [-0.2, -0.15) is 0 Å². The number of rotatable bonds is 6. The van der Waals surface area contributed by atoms with Gasteiger partial charge in [0.2, 0.25) is 5.91 Å². The summed E-state index contributed by atoms with van der Waals surface area (Å²) in [7, 11) is 0. The fourth-order valence-electron chi connectivity index (χ4n) is 2.19. The molecule has 0 unspecified atom stereocenters. The van der Waals surface area contributed by atoms with Gasteiger partial charge >= 0.3 is 0 Å². The first kappa shape index (κ1) is 15.9. The van der Waals surface area contributed by atoms with Crippen molar-refractivity contribution >= 4 is 29.1 Å². The van der Waals surface area contributed by atoms with E-state index >= 15 is 0 Å². The van der Waals surface area contributed by atoms with Crippen LogP contribution in [0.2, 0.25) is 10.0 Å². The summed E-state index contributed by atoms with van der Waals surface area (Å²) >= 11 is 11.9. The van der Waals surface area contributed by atoms with Gasteiger partial charge in [-0.3, -0.25) is 4.79 Å². The molecule has 0 fully saturated rings. The lowest BCUT2D eigenvalue weighted by molar-refractivity contribution is 0.100. The Bertz CT molecular complexity index is 623. The smallest absolute Gasteiger partial charge is 0.248 e. The van der Waals surface area contributed by atoms with Crippen LogP contribution in [-0.2, 0) is 12.8 Å². The average Bonchev–Trinajstić information content (AvgIpc) is 2.47. The summed E-state index contributed by atoms with van der Waals surface area (Å²) in [5.41, 5.74) is 8.18. The lowest BCUT2D eigenvalue weighted by Crippen LogP contribution is -2.10. The molecule has 0 aliphatic heterocycles. The van der Waals surface area contributed by atoms with Crippen LogP contribution in [0.4, 0.5) is 0 Å². The molecule has 2 aromatic carbocycles. The van der Waals surface area contributed by atoms with Crippen molar-refractivity contribution in [2.75, 3.05) is 0 Å². The van der Waals surface area contributed by atoms with Crippen molar-refractivity contribution in [2.24, 2.45) is 5.73 Å². The minimum atomic E-state index is -0.388. The maximum atomic E-state index is 11.0. The van der Waals surface area contributed by atoms with E-state index < -0.39 is 0 Å². The van der Waals surface area contributed by atoms with Crippen LogP contribution in [-0.4, -0.2) is 5.91 Å². The maximum absolute atomic E-state index is 11.0. The molecular weight excluding hydrogens is 305 g/mol. The molecule has 2 nitrogen and oxygen atoms in total. The van der Waals surface area contributed by atoms with Crippen molar-refractivity contribution in [3.63, 3.8) is 0 Å². The average molecular weight is 322 g/mol. The Balaban J connectivity index is 1.79. The predicted octanol–water partition coefficient (Wildman–Crippen LogP) is 4.66. The van der Waals surface area contributed by atoms with Crippen LogP contribution in [0.5, 0.6) is 0 Å². The molecule has 0 bridgehead atoms. The first-order valence-corrected chi connectivity index (χ1v) is 7.64. The second-order valence-electron chi connectivity index (χ2n) is 5.02. The molecule has 4 heteroatoms. The highest BCUT2D eigenvalue weighted by Crippen LogP contribution is 2.23. The largest absolute Gasteiger partial charge is 0.366 e. The second kappa shape index (κ2) is 7.48. The lowest BCUT2D eigenvalue weighted by atomic mass is 10.0. The van der Waals surface area contributed by atoms with Gasteiger partial charge in [0, 0.05) is 5.56 Å². The monoisotopic (exact) mass is 321 g/mol. The molecule has 110 valence electrons. The molecule has 0 aliphatic rings. The highest BCUT2D eigenvalue weighted by atomic mass is 35.5. The predicted molar refractivity (Wildman–Crippen MR) is 88.1 cm³/mol. The van der Waals surface area contributed by atoms with E-state index in [1.807, 2.05) is 30.3 Å². The molecular formula is C17H17Cl2NO. The Hall–Kier alpha value is -1.51. The first-order valence-electron chi connectivity index (χ1n) is 6.89.